The number of benzene rings is 2. The van der Waals surface area contributed by atoms with Crippen molar-refractivity contribution in [2.24, 2.45) is 17.8 Å². The molecule has 3 amide bonds. The number of carbonyl (C=O) groups excluding carboxylic acids is 3. The molecule has 0 aromatic heterocycles. The summed E-state index contributed by atoms with van der Waals surface area (Å²) in [5.74, 6) is -1.38. The van der Waals surface area contributed by atoms with E-state index in [0.717, 1.165) is 18.4 Å². The first-order chi connectivity index (χ1) is 21.3. The number of fused-ring (bicyclic) bond motifs is 1. The fraction of sp³-hybridized carbons (Fsp3) is 0.457. The maximum atomic E-state index is 14.8. The SMILES string of the molecule is C=CCN(Cc1ccccc1)C(=O)[C@@H]1[C@@H]2CC(C)C3(S2)C(C(=O)N(CC=C)c2ccc(Cl)cc2)N(CCCCCO)C(=O)[C@H]13. The third kappa shape index (κ3) is 5.84. The van der Waals surface area contributed by atoms with Crippen molar-refractivity contribution < 1.29 is 19.5 Å². The maximum Gasteiger partial charge on any atom is 0.251 e. The summed E-state index contributed by atoms with van der Waals surface area (Å²) in [5.41, 5.74) is 1.70. The standard InChI is InChI=1S/C35H42ClN3O4S/c1-4-18-37(23-25-12-8-6-9-13-25)32(41)29-28-22-24(3)35(44-28)30(29)33(42)39(20-10-7-11-21-40)31(35)34(43)38(19-5-2)27-16-14-26(36)15-17-27/h4-6,8-9,12-17,24,28-31,40H,1-2,7,10-11,18-23H2,3H3/t24?,28-,29+,30-,31?,35?/m0/s1. The summed E-state index contributed by atoms with van der Waals surface area (Å²) in [6.45, 7) is 11.5. The van der Waals surface area contributed by atoms with Crippen LogP contribution >= 0.6 is 23.4 Å². The summed E-state index contributed by atoms with van der Waals surface area (Å²) in [6.07, 6.45) is 6.23. The first kappa shape index (κ1) is 32.3. The van der Waals surface area contributed by atoms with Gasteiger partial charge in [-0.15, -0.1) is 24.9 Å². The van der Waals surface area contributed by atoms with E-state index < -0.39 is 22.6 Å². The first-order valence-corrected chi connectivity index (χ1v) is 16.7. The predicted molar refractivity (Wildman–Crippen MR) is 177 cm³/mol. The van der Waals surface area contributed by atoms with Crippen LogP contribution in [-0.2, 0) is 20.9 Å². The number of halogens is 1. The van der Waals surface area contributed by atoms with Crippen molar-refractivity contribution in [2.75, 3.05) is 31.1 Å². The van der Waals surface area contributed by atoms with Crippen LogP contribution in [0.1, 0.15) is 38.2 Å². The van der Waals surface area contributed by atoms with Gasteiger partial charge in [0, 0.05) is 48.7 Å². The number of unbranched alkanes of at least 4 members (excludes halogenated alkanes) is 2. The van der Waals surface area contributed by atoms with Crippen LogP contribution in [0.4, 0.5) is 5.69 Å². The van der Waals surface area contributed by atoms with Crippen molar-refractivity contribution in [1.82, 2.24) is 9.80 Å². The molecule has 0 saturated carbocycles. The van der Waals surface area contributed by atoms with Gasteiger partial charge in [-0.2, -0.15) is 0 Å². The third-order valence-corrected chi connectivity index (χ3v) is 11.7. The van der Waals surface area contributed by atoms with E-state index in [2.05, 4.69) is 20.1 Å². The van der Waals surface area contributed by atoms with Gasteiger partial charge >= 0.3 is 0 Å². The molecule has 1 N–H and O–H groups in total. The van der Waals surface area contributed by atoms with Crippen molar-refractivity contribution in [3.63, 3.8) is 0 Å². The summed E-state index contributed by atoms with van der Waals surface area (Å²) in [4.78, 5) is 49.0. The number of carbonyl (C=O) groups is 3. The average molecular weight is 636 g/mol. The minimum absolute atomic E-state index is 0.0487. The summed E-state index contributed by atoms with van der Waals surface area (Å²) in [6, 6.07) is 16.3. The molecule has 44 heavy (non-hydrogen) atoms. The van der Waals surface area contributed by atoms with E-state index in [4.69, 9.17) is 11.6 Å². The molecule has 3 fully saturated rings. The Labute approximate surface area is 269 Å². The van der Waals surface area contributed by atoms with Crippen LogP contribution in [0.5, 0.6) is 0 Å². The van der Waals surface area contributed by atoms with Crippen molar-refractivity contribution >= 4 is 46.8 Å². The lowest BCUT2D eigenvalue weighted by molar-refractivity contribution is -0.144. The molecule has 3 aliphatic rings. The maximum absolute atomic E-state index is 14.8. The van der Waals surface area contributed by atoms with Gasteiger partial charge in [-0.25, -0.2) is 0 Å². The smallest absolute Gasteiger partial charge is 0.251 e. The summed E-state index contributed by atoms with van der Waals surface area (Å²) >= 11 is 7.86. The van der Waals surface area contributed by atoms with Gasteiger partial charge in [0.1, 0.15) is 6.04 Å². The molecule has 2 aromatic carbocycles. The lowest BCUT2D eigenvalue weighted by atomic mass is 9.65. The molecule has 1 spiro atoms. The van der Waals surface area contributed by atoms with E-state index in [0.29, 0.717) is 43.2 Å². The van der Waals surface area contributed by atoms with E-state index in [-0.39, 0.29) is 42.0 Å². The molecule has 234 valence electrons. The van der Waals surface area contributed by atoms with Crippen LogP contribution in [0.25, 0.3) is 0 Å². The second-order valence-electron chi connectivity index (χ2n) is 12.1. The topological polar surface area (TPSA) is 81.2 Å². The average Bonchev–Trinajstić information content (AvgIpc) is 3.61. The molecule has 3 unspecified atom stereocenters. The van der Waals surface area contributed by atoms with Crippen LogP contribution in [0.2, 0.25) is 5.02 Å². The van der Waals surface area contributed by atoms with Gasteiger partial charge < -0.3 is 19.8 Å². The zero-order valence-electron chi connectivity index (χ0n) is 25.3. The van der Waals surface area contributed by atoms with Gasteiger partial charge in [0.2, 0.25) is 11.8 Å². The van der Waals surface area contributed by atoms with E-state index in [1.54, 1.807) is 50.7 Å². The molecule has 9 heteroatoms. The molecule has 3 saturated heterocycles. The van der Waals surface area contributed by atoms with Gasteiger partial charge in [-0.05, 0) is 61.4 Å². The zero-order chi connectivity index (χ0) is 31.4. The Bertz CT molecular complexity index is 1370. The van der Waals surface area contributed by atoms with Crippen LogP contribution in [0, 0.1) is 17.8 Å². The molecule has 0 radical (unpaired) electrons. The summed E-state index contributed by atoms with van der Waals surface area (Å²) in [7, 11) is 0. The minimum atomic E-state index is -0.728. The Morgan fingerprint density at radius 2 is 1.75 bits per heavy atom. The summed E-state index contributed by atoms with van der Waals surface area (Å²) in [5, 5.41) is 9.88. The highest BCUT2D eigenvalue weighted by Crippen LogP contribution is 2.69. The zero-order valence-corrected chi connectivity index (χ0v) is 26.9. The van der Waals surface area contributed by atoms with Gasteiger partial charge in [-0.3, -0.25) is 14.4 Å². The van der Waals surface area contributed by atoms with Gasteiger partial charge in [-0.1, -0.05) is 61.0 Å². The number of aliphatic hydroxyl groups excluding tert-OH is 1. The number of aliphatic hydroxyl groups is 1. The minimum Gasteiger partial charge on any atom is -0.396 e. The van der Waals surface area contributed by atoms with E-state index in [1.807, 2.05) is 42.5 Å². The molecule has 0 aliphatic carbocycles. The molecule has 2 bridgehead atoms. The Morgan fingerprint density at radius 1 is 1.05 bits per heavy atom. The molecule has 3 heterocycles. The largest absolute Gasteiger partial charge is 0.396 e. The number of likely N-dealkylation sites (tertiary alicyclic amines) is 1. The molecular formula is C35H42ClN3O4S. The lowest BCUT2D eigenvalue weighted by Crippen LogP contribution is -2.57. The first-order valence-electron chi connectivity index (χ1n) is 15.5. The molecular weight excluding hydrogens is 594 g/mol. The number of anilines is 1. The van der Waals surface area contributed by atoms with Crippen LogP contribution in [0.3, 0.4) is 0 Å². The second-order valence-corrected chi connectivity index (χ2v) is 14.1. The monoisotopic (exact) mass is 635 g/mol. The van der Waals surface area contributed by atoms with Gasteiger partial charge in [0.15, 0.2) is 0 Å². The Balaban J connectivity index is 1.53. The number of amides is 3. The number of hydrogen-bond acceptors (Lipinski definition) is 5. The molecule has 3 aliphatic heterocycles. The fourth-order valence-electron chi connectivity index (χ4n) is 7.52. The van der Waals surface area contributed by atoms with E-state index in [1.165, 1.54) is 0 Å². The van der Waals surface area contributed by atoms with E-state index >= 15 is 0 Å². The van der Waals surface area contributed by atoms with Crippen molar-refractivity contribution in [3.8, 4) is 0 Å². The fourth-order valence-corrected chi connectivity index (χ4v) is 10.1. The highest BCUT2D eigenvalue weighted by molar-refractivity contribution is 8.02. The van der Waals surface area contributed by atoms with Crippen molar-refractivity contribution in [3.05, 3.63) is 90.5 Å². The van der Waals surface area contributed by atoms with Gasteiger partial charge in [0.25, 0.3) is 5.91 Å². The van der Waals surface area contributed by atoms with E-state index in [9.17, 15) is 19.5 Å². The van der Waals surface area contributed by atoms with Crippen molar-refractivity contribution in [2.45, 2.75) is 55.2 Å². The Hall–Kier alpha value is -3.07. The quantitative estimate of drug-likeness (QED) is 0.217. The van der Waals surface area contributed by atoms with Crippen LogP contribution < -0.4 is 4.90 Å². The molecule has 5 rings (SSSR count). The predicted octanol–water partition coefficient (Wildman–Crippen LogP) is 5.57. The summed E-state index contributed by atoms with van der Waals surface area (Å²) < 4.78 is -0.728. The Kier molecular flexibility index (Phi) is 10.2. The number of thioether (sulfide) groups is 1. The number of nitrogens with zero attached hydrogens (tertiary/aromatic N) is 3. The number of rotatable bonds is 14. The lowest BCUT2D eigenvalue weighted by Gasteiger charge is -2.41. The second kappa shape index (κ2) is 13.9. The molecule has 6 atom stereocenters. The molecule has 7 nitrogen and oxygen atoms in total. The number of hydrogen-bond donors (Lipinski definition) is 1. The highest BCUT2D eigenvalue weighted by Gasteiger charge is 2.76. The van der Waals surface area contributed by atoms with Crippen molar-refractivity contribution in [1.29, 1.82) is 0 Å². The Morgan fingerprint density at radius 3 is 2.41 bits per heavy atom. The highest BCUT2D eigenvalue weighted by atomic mass is 35.5. The van der Waals surface area contributed by atoms with Crippen LogP contribution in [0.15, 0.2) is 79.9 Å². The normalized spacial score (nSPS) is 26.8. The molecule has 2 aromatic rings. The van der Waals surface area contributed by atoms with Crippen LogP contribution in [-0.4, -0.2) is 74.9 Å². The van der Waals surface area contributed by atoms with Gasteiger partial charge in [0.05, 0.1) is 16.6 Å². The third-order valence-electron chi connectivity index (χ3n) is 9.42.